The van der Waals surface area contributed by atoms with Gasteiger partial charge in [-0.25, -0.2) is 9.97 Å². The molecule has 0 spiro atoms. The molecule has 8 nitrogen and oxygen atoms in total. The third kappa shape index (κ3) is 5.20. The molecule has 0 fully saturated rings. The standard InChI is InChI=1S/C20H20N6O2.ClH/c1-27-25-18(21)14-5-3-13(4-6-14)17-11-23-20(24-12-17)16-9-7-15(8-10-16)19(22)26-28-2;/h3-12H,1-2H3,(H2,21,25)(H2,22,26);1H. The minimum Gasteiger partial charge on any atom is -0.397 e. The van der Waals surface area contributed by atoms with Gasteiger partial charge in [-0.3, -0.25) is 0 Å². The number of rotatable bonds is 6. The molecule has 1 heterocycles. The van der Waals surface area contributed by atoms with Crippen LogP contribution in [-0.2, 0) is 9.68 Å². The molecule has 1 aromatic heterocycles. The van der Waals surface area contributed by atoms with E-state index in [4.69, 9.17) is 11.5 Å². The number of hydrogen-bond acceptors (Lipinski definition) is 6. The number of amidine groups is 2. The van der Waals surface area contributed by atoms with Crippen molar-refractivity contribution in [2.45, 2.75) is 0 Å². The van der Waals surface area contributed by atoms with Crippen LogP contribution in [0.2, 0.25) is 0 Å². The van der Waals surface area contributed by atoms with Crippen molar-refractivity contribution in [1.29, 1.82) is 0 Å². The summed E-state index contributed by atoms with van der Waals surface area (Å²) in [6.45, 7) is 0. The van der Waals surface area contributed by atoms with Crippen molar-refractivity contribution in [3.05, 3.63) is 72.1 Å². The topological polar surface area (TPSA) is 121 Å². The van der Waals surface area contributed by atoms with E-state index in [0.717, 1.165) is 27.8 Å². The van der Waals surface area contributed by atoms with Crippen LogP contribution in [-0.4, -0.2) is 35.9 Å². The van der Waals surface area contributed by atoms with Crippen molar-refractivity contribution in [2.75, 3.05) is 14.2 Å². The maximum absolute atomic E-state index is 5.80. The Morgan fingerprint density at radius 2 is 1.10 bits per heavy atom. The molecule has 0 unspecified atom stereocenters. The highest BCUT2D eigenvalue weighted by Crippen LogP contribution is 2.21. The number of nitrogens with two attached hydrogens (primary N) is 2. The van der Waals surface area contributed by atoms with Crippen molar-refractivity contribution in [2.24, 2.45) is 21.8 Å². The lowest BCUT2D eigenvalue weighted by Crippen LogP contribution is -2.13. The molecule has 4 N–H and O–H groups in total. The summed E-state index contributed by atoms with van der Waals surface area (Å²) in [5.74, 6) is 1.25. The molecule has 0 aliphatic heterocycles. The first kappa shape index (κ1) is 21.6. The fourth-order valence-electron chi connectivity index (χ4n) is 2.55. The summed E-state index contributed by atoms with van der Waals surface area (Å²) in [5.41, 5.74) is 15.9. The first-order valence-corrected chi connectivity index (χ1v) is 8.39. The highest BCUT2D eigenvalue weighted by Gasteiger charge is 2.06. The van der Waals surface area contributed by atoms with E-state index in [1.807, 2.05) is 48.5 Å². The number of hydrogen-bond donors (Lipinski definition) is 2. The molecule has 0 saturated heterocycles. The minimum absolute atomic E-state index is 0. The molecular formula is C20H21ClN6O2. The first-order chi connectivity index (χ1) is 13.6. The van der Waals surface area contributed by atoms with Gasteiger partial charge in [-0.2, -0.15) is 0 Å². The second kappa shape index (κ2) is 10.0. The molecule has 0 radical (unpaired) electrons. The van der Waals surface area contributed by atoms with Crippen LogP contribution in [0.1, 0.15) is 11.1 Å². The number of oxime groups is 2. The number of aromatic nitrogens is 2. The molecule has 0 amide bonds. The molecule has 2 aromatic carbocycles. The fourth-order valence-corrected chi connectivity index (χ4v) is 2.55. The second-order valence-corrected chi connectivity index (χ2v) is 5.77. The lowest BCUT2D eigenvalue weighted by molar-refractivity contribution is 0.213. The predicted molar refractivity (Wildman–Crippen MR) is 116 cm³/mol. The first-order valence-electron chi connectivity index (χ1n) is 8.39. The Morgan fingerprint density at radius 3 is 1.52 bits per heavy atom. The largest absolute Gasteiger partial charge is 0.397 e. The number of benzene rings is 2. The van der Waals surface area contributed by atoms with Gasteiger partial charge in [0.15, 0.2) is 17.5 Å². The van der Waals surface area contributed by atoms with Crippen molar-refractivity contribution >= 4 is 24.1 Å². The third-order valence-electron chi connectivity index (χ3n) is 3.98. The quantitative estimate of drug-likeness (QED) is 0.364. The summed E-state index contributed by atoms with van der Waals surface area (Å²) in [6, 6.07) is 15.0. The zero-order valence-corrected chi connectivity index (χ0v) is 16.8. The Hall–Kier alpha value is -3.65. The van der Waals surface area contributed by atoms with Crippen molar-refractivity contribution in [1.82, 2.24) is 9.97 Å². The second-order valence-electron chi connectivity index (χ2n) is 5.77. The third-order valence-corrected chi connectivity index (χ3v) is 3.98. The molecule has 3 rings (SSSR count). The summed E-state index contributed by atoms with van der Waals surface area (Å²) < 4.78 is 0. The van der Waals surface area contributed by atoms with E-state index >= 15 is 0 Å². The molecule has 0 atom stereocenters. The Morgan fingerprint density at radius 1 is 0.690 bits per heavy atom. The highest BCUT2D eigenvalue weighted by molar-refractivity contribution is 5.98. The van der Waals surface area contributed by atoms with E-state index in [2.05, 4.69) is 30.0 Å². The molecular weight excluding hydrogens is 392 g/mol. The van der Waals surface area contributed by atoms with Crippen LogP contribution in [0.4, 0.5) is 0 Å². The molecule has 0 aliphatic carbocycles. The van der Waals surface area contributed by atoms with Gasteiger partial charge in [0, 0.05) is 34.6 Å². The Kier molecular flexibility index (Phi) is 7.50. The molecule has 150 valence electrons. The summed E-state index contributed by atoms with van der Waals surface area (Å²) in [7, 11) is 2.90. The highest BCUT2D eigenvalue weighted by atomic mass is 35.5. The van der Waals surface area contributed by atoms with Gasteiger partial charge in [-0.05, 0) is 5.56 Å². The van der Waals surface area contributed by atoms with Gasteiger partial charge in [0.25, 0.3) is 0 Å². The van der Waals surface area contributed by atoms with Crippen LogP contribution >= 0.6 is 12.4 Å². The molecule has 9 heteroatoms. The van der Waals surface area contributed by atoms with E-state index < -0.39 is 0 Å². The monoisotopic (exact) mass is 412 g/mol. The summed E-state index contributed by atoms with van der Waals surface area (Å²) in [6.07, 6.45) is 3.55. The van der Waals surface area contributed by atoms with Gasteiger partial charge in [-0.1, -0.05) is 58.8 Å². The minimum atomic E-state index is 0. The summed E-state index contributed by atoms with van der Waals surface area (Å²) in [5, 5.41) is 7.43. The van der Waals surface area contributed by atoms with Gasteiger partial charge in [-0.15, -0.1) is 12.4 Å². The number of nitrogens with zero attached hydrogens (tertiary/aromatic N) is 4. The Bertz CT molecular complexity index is 904. The lowest BCUT2D eigenvalue weighted by Gasteiger charge is -2.06. The van der Waals surface area contributed by atoms with E-state index in [-0.39, 0.29) is 12.4 Å². The normalized spacial score (nSPS) is 11.5. The molecule has 29 heavy (non-hydrogen) atoms. The molecule has 0 aliphatic rings. The van der Waals surface area contributed by atoms with Gasteiger partial charge >= 0.3 is 0 Å². The van der Waals surface area contributed by atoms with Crippen LogP contribution in [0.15, 0.2) is 71.2 Å². The van der Waals surface area contributed by atoms with E-state index in [1.54, 1.807) is 12.4 Å². The smallest absolute Gasteiger partial charge is 0.170 e. The van der Waals surface area contributed by atoms with Crippen LogP contribution in [0.5, 0.6) is 0 Å². The average Bonchev–Trinajstić information content (AvgIpc) is 2.74. The van der Waals surface area contributed by atoms with Gasteiger partial charge in [0.05, 0.1) is 0 Å². The van der Waals surface area contributed by atoms with Gasteiger partial charge in [0.1, 0.15) is 14.2 Å². The van der Waals surface area contributed by atoms with Crippen LogP contribution in [0.25, 0.3) is 22.5 Å². The Balaban J connectivity index is 0.00000300. The van der Waals surface area contributed by atoms with Crippen LogP contribution in [0, 0.1) is 0 Å². The number of halogens is 1. The zero-order chi connectivity index (χ0) is 19.9. The van der Waals surface area contributed by atoms with Gasteiger partial charge in [0.2, 0.25) is 0 Å². The summed E-state index contributed by atoms with van der Waals surface area (Å²) >= 11 is 0. The van der Waals surface area contributed by atoms with Crippen LogP contribution < -0.4 is 11.5 Å². The lowest BCUT2D eigenvalue weighted by atomic mass is 10.1. The average molecular weight is 413 g/mol. The van der Waals surface area contributed by atoms with E-state index in [1.165, 1.54) is 14.2 Å². The Labute approximate surface area is 174 Å². The zero-order valence-electron chi connectivity index (χ0n) is 15.9. The summed E-state index contributed by atoms with van der Waals surface area (Å²) in [4.78, 5) is 18.3. The molecule has 3 aromatic rings. The molecule has 0 saturated carbocycles. The maximum Gasteiger partial charge on any atom is 0.170 e. The predicted octanol–water partition coefficient (Wildman–Crippen LogP) is 2.77. The van der Waals surface area contributed by atoms with Gasteiger partial charge < -0.3 is 21.1 Å². The van der Waals surface area contributed by atoms with E-state index in [9.17, 15) is 0 Å². The SMILES string of the molecule is CO/N=C(/N)c1ccc(-c2cnc(-c3ccc(/C(N)=N\OC)cc3)nc2)cc1.Cl. The van der Waals surface area contributed by atoms with E-state index in [0.29, 0.717) is 17.5 Å². The van der Waals surface area contributed by atoms with Crippen molar-refractivity contribution in [3.63, 3.8) is 0 Å². The fraction of sp³-hybridized carbons (Fsp3) is 0.100. The van der Waals surface area contributed by atoms with Crippen molar-refractivity contribution in [3.8, 4) is 22.5 Å². The molecule has 0 bridgehead atoms. The van der Waals surface area contributed by atoms with Crippen molar-refractivity contribution < 1.29 is 9.68 Å². The van der Waals surface area contributed by atoms with Crippen LogP contribution in [0.3, 0.4) is 0 Å². The maximum atomic E-state index is 5.80.